The summed E-state index contributed by atoms with van der Waals surface area (Å²) >= 11 is 0. The van der Waals surface area contributed by atoms with Crippen molar-refractivity contribution in [2.45, 2.75) is 26.2 Å². The number of hydrogen-bond acceptors (Lipinski definition) is 5. The highest BCUT2D eigenvalue weighted by atomic mass is 16.6. The number of piperazine rings is 1. The molecule has 0 spiro atoms. The van der Waals surface area contributed by atoms with Crippen LogP contribution in [-0.4, -0.2) is 62.3 Å². The third-order valence-electron chi connectivity index (χ3n) is 4.84. The number of imide groups is 1. The Morgan fingerprint density at radius 3 is 2.33 bits per heavy atom. The van der Waals surface area contributed by atoms with Crippen LogP contribution in [-0.2, 0) is 9.53 Å². The minimum atomic E-state index is -0.380. The van der Waals surface area contributed by atoms with Crippen molar-refractivity contribution in [1.29, 1.82) is 0 Å². The molecule has 0 radical (unpaired) electrons. The minimum absolute atomic E-state index is 0.232. The Morgan fingerprint density at radius 2 is 1.70 bits per heavy atom. The molecule has 1 N–H and O–H groups in total. The van der Waals surface area contributed by atoms with Gasteiger partial charge in [-0.25, -0.2) is 9.59 Å². The zero-order valence-corrected chi connectivity index (χ0v) is 15.6. The standard InChI is InChI=1S/C19H26N4O4/c1-2-3-14-27-19(26)22-12-10-21(11-13-22)15-4-6-16(7-5-15)23-9-8-17(24)20-18(23)25/h4-7H,2-3,8-14H2,1H3,(H,20,24,25). The van der Waals surface area contributed by atoms with Gasteiger partial charge in [-0.3, -0.25) is 15.0 Å². The summed E-state index contributed by atoms with van der Waals surface area (Å²) in [5.74, 6) is -0.237. The molecule has 0 bridgehead atoms. The van der Waals surface area contributed by atoms with Crippen LogP contribution in [0.3, 0.4) is 0 Å². The number of carbonyl (C=O) groups excluding carboxylic acids is 3. The molecular formula is C19H26N4O4. The summed E-state index contributed by atoms with van der Waals surface area (Å²) in [7, 11) is 0. The second-order valence-electron chi connectivity index (χ2n) is 6.71. The van der Waals surface area contributed by atoms with Gasteiger partial charge in [0.15, 0.2) is 0 Å². The maximum Gasteiger partial charge on any atom is 0.409 e. The Kier molecular flexibility index (Phi) is 6.16. The second-order valence-corrected chi connectivity index (χ2v) is 6.71. The van der Waals surface area contributed by atoms with Crippen LogP contribution in [0.1, 0.15) is 26.2 Å². The number of anilines is 2. The number of benzene rings is 1. The number of unbranched alkanes of at least 4 members (excludes halogenated alkanes) is 1. The fourth-order valence-corrected chi connectivity index (χ4v) is 3.20. The van der Waals surface area contributed by atoms with E-state index in [2.05, 4.69) is 17.1 Å². The zero-order valence-electron chi connectivity index (χ0n) is 15.6. The van der Waals surface area contributed by atoms with E-state index >= 15 is 0 Å². The van der Waals surface area contributed by atoms with E-state index < -0.39 is 0 Å². The van der Waals surface area contributed by atoms with Crippen molar-refractivity contribution in [2.24, 2.45) is 0 Å². The summed E-state index contributed by atoms with van der Waals surface area (Å²) in [6, 6.07) is 7.32. The largest absolute Gasteiger partial charge is 0.449 e. The third kappa shape index (κ3) is 4.69. The Bertz CT molecular complexity index is 683. The van der Waals surface area contributed by atoms with Gasteiger partial charge in [0.2, 0.25) is 5.91 Å². The van der Waals surface area contributed by atoms with Crippen LogP contribution in [0.2, 0.25) is 0 Å². The van der Waals surface area contributed by atoms with E-state index in [-0.39, 0.29) is 18.0 Å². The molecule has 0 aromatic heterocycles. The van der Waals surface area contributed by atoms with Crippen molar-refractivity contribution in [3.8, 4) is 0 Å². The molecule has 3 rings (SSSR count). The molecule has 2 heterocycles. The summed E-state index contributed by atoms with van der Waals surface area (Å²) in [5.41, 5.74) is 1.81. The monoisotopic (exact) mass is 374 g/mol. The molecule has 2 aliphatic heterocycles. The smallest absolute Gasteiger partial charge is 0.409 e. The van der Waals surface area contributed by atoms with Crippen molar-refractivity contribution < 1.29 is 19.1 Å². The molecule has 2 fully saturated rings. The van der Waals surface area contributed by atoms with E-state index in [0.29, 0.717) is 32.7 Å². The molecular weight excluding hydrogens is 348 g/mol. The van der Waals surface area contributed by atoms with Gasteiger partial charge in [0.25, 0.3) is 0 Å². The van der Waals surface area contributed by atoms with Crippen LogP contribution >= 0.6 is 0 Å². The summed E-state index contributed by atoms with van der Waals surface area (Å²) in [6.07, 6.45) is 1.97. The molecule has 27 heavy (non-hydrogen) atoms. The molecule has 8 nitrogen and oxygen atoms in total. The zero-order chi connectivity index (χ0) is 19.2. The molecule has 2 aliphatic rings. The SMILES string of the molecule is CCCCOC(=O)N1CCN(c2ccc(N3CCC(=O)NC3=O)cc2)CC1. The average Bonchev–Trinajstić information content (AvgIpc) is 2.68. The highest BCUT2D eigenvalue weighted by Gasteiger charge is 2.25. The number of carbonyl (C=O) groups is 3. The highest BCUT2D eigenvalue weighted by molar-refractivity contribution is 6.05. The number of hydrogen-bond donors (Lipinski definition) is 1. The van der Waals surface area contributed by atoms with Crippen LogP contribution in [0, 0.1) is 0 Å². The predicted molar refractivity (Wildman–Crippen MR) is 102 cm³/mol. The van der Waals surface area contributed by atoms with Gasteiger partial charge in [0.05, 0.1) is 6.61 Å². The van der Waals surface area contributed by atoms with Gasteiger partial charge in [0.1, 0.15) is 0 Å². The van der Waals surface area contributed by atoms with Crippen LogP contribution in [0.4, 0.5) is 21.0 Å². The van der Waals surface area contributed by atoms with Gasteiger partial charge in [0, 0.05) is 50.5 Å². The van der Waals surface area contributed by atoms with E-state index in [1.807, 2.05) is 24.3 Å². The molecule has 1 aromatic rings. The van der Waals surface area contributed by atoms with Crippen LogP contribution < -0.4 is 15.1 Å². The Labute approximate surface area is 159 Å². The minimum Gasteiger partial charge on any atom is -0.449 e. The van der Waals surface area contributed by atoms with E-state index in [4.69, 9.17) is 4.74 Å². The van der Waals surface area contributed by atoms with Crippen molar-refractivity contribution in [3.63, 3.8) is 0 Å². The highest BCUT2D eigenvalue weighted by Crippen LogP contribution is 2.23. The number of ether oxygens (including phenoxy) is 1. The second kappa shape index (κ2) is 8.75. The first-order valence-corrected chi connectivity index (χ1v) is 9.46. The molecule has 1 aromatic carbocycles. The number of amides is 4. The van der Waals surface area contributed by atoms with Crippen molar-refractivity contribution in [2.75, 3.05) is 49.1 Å². The van der Waals surface area contributed by atoms with E-state index in [9.17, 15) is 14.4 Å². The van der Waals surface area contributed by atoms with E-state index in [0.717, 1.165) is 37.3 Å². The lowest BCUT2D eigenvalue weighted by atomic mass is 10.2. The van der Waals surface area contributed by atoms with Crippen molar-refractivity contribution >= 4 is 29.4 Å². The van der Waals surface area contributed by atoms with Gasteiger partial charge in [-0.05, 0) is 30.7 Å². The van der Waals surface area contributed by atoms with E-state index in [1.165, 1.54) is 0 Å². The fourth-order valence-electron chi connectivity index (χ4n) is 3.20. The quantitative estimate of drug-likeness (QED) is 0.799. The predicted octanol–water partition coefficient (Wildman–Crippen LogP) is 2.19. The van der Waals surface area contributed by atoms with Crippen LogP contribution in [0.5, 0.6) is 0 Å². The number of urea groups is 1. The molecule has 0 atom stereocenters. The third-order valence-corrected chi connectivity index (χ3v) is 4.84. The Balaban J connectivity index is 1.52. The van der Waals surface area contributed by atoms with Crippen LogP contribution in [0.15, 0.2) is 24.3 Å². The van der Waals surface area contributed by atoms with Gasteiger partial charge in [-0.1, -0.05) is 13.3 Å². The first-order chi connectivity index (χ1) is 13.1. The lowest BCUT2D eigenvalue weighted by molar-refractivity contribution is -0.120. The number of nitrogens with one attached hydrogen (secondary N) is 1. The van der Waals surface area contributed by atoms with Crippen molar-refractivity contribution in [3.05, 3.63) is 24.3 Å². The molecule has 2 saturated heterocycles. The topological polar surface area (TPSA) is 82.2 Å². The first kappa shape index (κ1) is 19.0. The number of nitrogens with zero attached hydrogens (tertiary/aromatic N) is 3. The summed E-state index contributed by atoms with van der Waals surface area (Å²) in [4.78, 5) is 40.7. The lowest BCUT2D eigenvalue weighted by Gasteiger charge is -2.35. The maximum atomic E-state index is 12.0. The fraction of sp³-hybridized carbons (Fsp3) is 0.526. The summed E-state index contributed by atoms with van der Waals surface area (Å²) < 4.78 is 5.26. The molecule has 0 saturated carbocycles. The summed E-state index contributed by atoms with van der Waals surface area (Å²) in [6.45, 7) is 5.67. The molecule has 146 valence electrons. The van der Waals surface area contributed by atoms with Gasteiger partial charge < -0.3 is 14.5 Å². The molecule has 4 amide bonds. The number of rotatable bonds is 5. The van der Waals surface area contributed by atoms with Gasteiger partial charge >= 0.3 is 12.1 Å². The average molecular weight is 374 g/mol. The van der Waals surface area contributed by atoms with Gasteiger partial charge in [-0.2, -0.15) is 0 Å². The first-order valence-electron chi connectivity index (χ1n) is 9.46. The van der Waals surface area contributed by atoms with Crippen LogP contribution in [0.25, 0.3) is 0 Å². The molecule has 0 unspecified atom stereocenters. The van der Waals surface area contributed by atoms with Crippen molar-refractivity contribution in [1.82, 2.24) is 10.2 Å². The molecule has 0 aliphatic carbocycles. The van der Waals surface area contributed by atoms with E-state index in [1.54, 1.807) is 9.80 Å². The molecule has 8 heteroatoms. The lowest BCUT2D eigenvalue weighted by Crippen LogP contribution is -2.49. The maximum absolute atomic E-state index is 12.0. The van der Waals surface area contributed by atoms with Gasteiger partial charge in [-0.15, -0.1) is 0 Å². The Morgan fingerprint density at radius 1 is 1.04 bits per heavy atom. The summed E-state index contributed by atoms with van der Waals surface area (Å²) in [5, 5.41) is 2.33. The Hall–Kier alpha value is -2.77. The normalized spacial score (nSPS) is 17.7.